The fourth-order valence-electron chi connectivity index (χ4n) is 4.08. The van der Waals surface area contributed by atoms with Crippen molar-refractivity contribution in [3.8, 4) is 0 Å². The number of β-amino-alcohol motifs (C(OH)–C–C–N with tert-alkyl or cyclic N) is 1. The molecule has 9 heteroatoms. The van der Waals surface area contributed by atoms with Crippen molar-refractivity contribution in [1.29, 1.82) is 0 Å². The van der Waals surface area contributed by atoms with Gasteiger partial charge in [-0.25, -0.2) is 0 Å². The second-order valence-corrected chi connectivity index (χ2v) is 8.23. The molecule has 0 spiro atoms. The van der Waals surface area contributed by atoms with Gasteiger partial charge in [0, 0.05) is 11.8 Å². The second kappa shape index (κ2) is 7.75. The number of nitrogens with one attached hydrogen (secondary N) is 1. The molecule has 0 saturated carbocycles. The Labute approximate surface area is 174 Å². The number of rotatable bonds is 4. The molecular formula is C21H26N2O7. The number of aliphatic hydroxyl groups excluding tert-OH is 2. The van der Waals surface area contributed by atoms with Crippen LogP contribution < -0.4 is 10.2 Å². The summed E-state index contributed by atoms with van der Waals surface area (Å²) in [5, 5.41) is 24.5. The molecule has 5 atom stereocenters. The van der Waals surface area contributed by atoms with Crippen molar-refractivity contribution in [3.05, 3.63) is 36.0 Å². The van der Waals surface area contributed by atoms with E-state index in [-0.39, 0.29) is 24.7 Å². The molecule has 2 saturated heterocycles. The quantitative estimate of drug-likeness (QED) is 0.618. The minimum atomic E-state index is -1.18. The third kappa shape index (κ3) is 3.99. The zero-order valence-corrected chi connectivity index (χ0v) is 17.1. The van der Waals surface area contributed by atoms with Crippen LogP contribution >= 0.6 is 0 Å². The molecule has 9 nitrogen and oxygen atoms in total. The smallest absolute Gasteiger partial charge is 0.233 e. The Morgan fingerprint density at radius 3 is 2.80 bits per heavy atom. The molecule has 3 heterocycles. The van der Waals surface area contributed by atoms with Gasteiger partial charge in [0.05, 0.1) is 24.3 Å². The Hall–Kier alpha value is -2.30. The number of benzene rings is 1. The summed E-state index contributed by atoms with van der Waals surface area (Å²) in [7, 11) is 0. The standard InChI is InChI=1S/C21H26N2O7/c1-11(24)8-12-9-16(26)23(14-7-5-4-6-13(14)22-12)10-15(25)18-17(27)19-20(28-18)30-21(2,3)29-19/h4-8,15,17-20,22,25,27H,9-10H2,1-3H3/t15-,17+,18-,19-,20-/m1/s1. The molecule has 0 aliphatic carbocycles. The lowest BCUT2D eigenvalue weighted by molar-refractivity contribution is -0.225. The van der Waals surface area contributed by atoms with E-state index in [2.05, 4.69) is 5.32 Å². The van der Waals surface area contributed by atoms with Gasteiger partial charge >= 0.3 is 0 Å². The van der Waals surface area contributed by atoms with Gasteiger partial charge in [-0.2, -0.15) is 0 Å². The largest absolute Gasteiger partial charge is 0.388 e. The molecule has 1 amide bonds. The van der Waals surface area contributed by atoms with Gasteiger partial charge in [-0.05, 0) is 32.9 Å². The lowest BCUT2D eigenvalue weighted by Gasteiger charge is -2.30. The number of allylic oxidation sites excluding steroid dienone is 1. The molecule has 2 fully saturated rings. The van der Waals surface area contributed by atoms with Crippen LogP contribution in [-0.4, -0.2) is 64.9 Å². The molecule has 3 N–H and O–H groups in total. The first-order valence-corrected chi connectivity index (χ1v) is 9.89. The van der Waals surface area contributed by atoms with Crippen molar-refractivity contribution >= 4 is 23.1 Å². The highest BCUT2D eigenvalue weighted by atomic mass is 16.8. The van der Waals surface area contributed by atoms with Crippen LogP contribution in [0.2, 0.25) is 0 Å². The zero-order chi connectivity index (χ0) is 21.6. The van der Waals surface area contributed by atoms with Crippen molar-refractivity contribution in [2.45, 2.75) is 63.7 Å². The minimum absolute atomic E-state index is 0.0271. The number of fused-ring (bicyclic) bond motifs is 2. The predicted molar refractivity (Wildman–Crippen MR) is 107 cm³/mol. The third-order valence-corrected chi connectivity index (χ3v) is 5.31. The molecule has 0 unspecified atom stereocenters. The van der Waals surface area contributed by atoms with Gasteiger partial charge in [0.2, 0.25) is 5.91 Å². The second-order valence-electron chi connectivity index (χ2n) is 8.23. The first-order valence-electron chi connectivity index (χ1n) is 9.89. The number of anilines is 2. The highest BCUT2D eigenvalue weighted by molar-refractivity contribution is 6.01. The van der Waals surface area contributed by atoms with Crippen LogP contribution in [0.15, 0.2) is 36.0 Å². The number of aliphatic hydroxyl groups is 2. The summed E-state index contributed by atoms with van der Waals surface area (Å²) in [4.78, 5) is 25.9. The van der Waals surface area contributed by atoms with Gasteiger partial charge < -0.3 is 34.6 Å². The van der Waals surface area contributed by atoms with Crippen molar-refractivity contribution < 1.29 is 34.0 Å². The van der Waals surface area contributed by atoms with Crippen LogP contribution in [0, 0.1) is 0 Å². The summed E-state index contributed by atoms with van der Waals surface area (Å²) in [5.41, 5.74) is 1.68. The van der Waals surface area contributed by atoms with E-state index in [1.54, 1.807) is 32.0 Å². The van der Waals surface area contributed by atoms with Crippen LogP contribution in [0.1, 0.15) is 27.2 Å². The molecule has 0 aromatic heterocycles. The average Bonchev–Trinajstić information content (AvgIpc) is 3.07. The highest BCUT2D eigenvalue weighted by Gasteiger charge is 2.56. The van der Waals surface area contributed by atoms with Crippen LogP contribution in [0.25, 0.3) is 0 Å². The van der Waals surface area contributed by atoms with E-state index in [1.165, 1.54) is 17.9 Å². The Bertz CT molecular complexity index is 884. The SMILES string of the molecule is CC(=O)C=C1CC(=O)N(C[C@@H](O)[C@H]2O[C@@H]3OC(C)(C)O[C@@H]3[C@H]2O)c2ccccc2N1. The van der Waals surface area contributed by atoms with Gasteiger partial charge in [0.1, 0.15) is 24.4 Å². The number of ether oxygens (including phenoxy) is 3. The molecule has 4 rings (SSSR count). The maximum Gasteiger partial charge on any atom is 0.233 e. The van der Waals surface area contributed by atoms with E-state index >= 15 is 0 Å². The van der Waals surface area contributed by atoms with Crippen molar-refractivity contribution in [3.63, 3.8) is 0 Å². The molecule has 30 heavy (non-hydrogen) atoms. The zero-order valence-electron chi connectivity index (χ0n) is 17.1. The van der Waals surface area contributed by atoms with E-state index in [1.807, 2.05) is 6.07 Å². The van der Waals surface area contributed by atoms with Crippen LogP contribution in [0.5, 0.6) is 0 Å². The molecule has 1 aromatic rings. The Kier molecular flexibility index (Phi) is 5.41. The summed E-state index contributed by atoms with van der Waals surface area (Å²) in [6.45, 7) is 4.76. The van der Waals surface area contributed by atoms with Crippen LogP contribution in [-0.2, 0) is 23.8 Å². The summed E-state index contributed by atoms with van der Waals surface area (Å²) < 4.78 is 17.0. The number of para-hydroxylation sites is 2. The topological polar surface area (TPSA) is 118 Å². The normalized spacial score (nSPS) is 32.4. The molecule has 3 aliphatic heterocycles. The van der Waals surface area contributed by atoms with E-state index in [4.69, 9.17) is 14.2 Å². The maximum absolute atomic E-state index is 13.0. The highest BCUT2D eigenvalue weighted by Crippen LogP contribution is 2.39. The lowest BCUT2D eigenvalue weighted by atomic mass is 10.0. The number of ketones is 1. The van der Waals surface area contributed by atoms with E-state index in [0.29, 0.717) is 17.1 Å². The summed E-state index contributed by atoms with van der Waals surface area (Å²) >= 11 is 0. The number of carbonyl (C=O) groups excluding carboxylic acids is 2. The number of hydrogen-bond donors (Lipinski definition) is 3. The van der Waals surface area contributed by atoms with E-state index in [9.17, 15) is 19.8 Å². The predicted octanol–water partition coefficient (Wildman–Crippen LogP) is 0.906. The molecule has 3 aliphatic rings. The number of amides is 1. The Morgan fingerprint density at radius 1 is 1.37 bits per heavy atom. The number of hydrogen-bond acceptors (Lipinski definition) is 8. The average molecular weight is 418 g/mol. The van der Waals surface area contributed by atoms with Gasteiger partial charge in [-0.3, -0.25) is 9.59 Å². The fraction of sp³-hybridized carbons (Fsp3) is 0.524. The van der Waals surface area contributed by atoms with Crippen LogP contribution in [0.3, 0.4) is 0 Å². The molecule has 0 bridgehead atoms. The number of nitrogens with zero attached hydrogens (tertiary/aromatic N) is 1. The van der Waals surface area contributed by atoms with Crippen molar-refractivity contribution in [2.24, 2.45) is 0 Å². The Balaban J connectivity index is 1.54. The lowest BCUT2D eigenvalue weighted by Crippen LogP contribution is -2.47. The maximum atomic E-state index is 13.0. The van der Waals surface area contributed by atoms with Gasteiger partial charge in [-0.15, -0.1) is 0 Å². The fourth-order valence-corrected chi connectivity index (χ4v) is 4.08. The minimum Gasteiger partial charge on any atom is -0.388 e. The molecule has 1 aromatic carbocycles. The monoisotopic (exact) mass is 418 g/mol. The van der Waals surface area contributed by atoms with Gasteiger partial charge in [0.25, 0.3) is 0 Å². The Morgan fingerprint density at radius 2 is 2.10 bits per heavy atom. The van der Waals surface area contributed by atoms with E-state index in [0.717, 1.165) is 0 Å². The van der Waals surface area contributed by atoms with Crippen molar-refractivity contribution in [1.82, 2.24) is 0 Å². The van der Waals surface area contributed by atoms with Gasteiger partial charge in [0.15, 0.2) is 17.9 Å². The number of carbonyl (C=O) groups is 2. The molecule has 0 radical (unpaired) electrons. The summed E-state index contributed by atoms with van der Waals surface area (Å²) in [6.07, 6.45) is -3.39. The van der Waals surface area contributed by atoms with E-state index < -0.39 is 36.5 Å². The third-order valence-electron chi connectivity index (χ3n) is 5.31. The summed E-state index contributed by atoms with van der Waals surface area (Å²) in [5.74, 6) is -1.34. The molecular weight excluding hydrogens is 392 g/mol. The molecule has 162 valence electrons. The van der Waals surface area contributed by atoms with Crippen LogP contribution in [0.4, 0.5) is 11.4 Å². The first-order chi connectivity index (χ1) is 14.1. The summed E-state index contributed by atoms with van der Waals surface area (Å²) in [6, 6.07) is 7.13. The van der Waals surface area contributed by atoms with Crippen molar-refractivity contribution in [2.75, 3.05) is 16.8 Å². The van der Waals surface area contributed by atoms with Gasteiger partial charge in [-0.1, -0.05) is 12.1 Å². The first kappa shape index (κ1) is 21.0.